The standard InChI is InChI=1S/C9H5IO2S/c10-7-3-5(4-11)9-6(8(7)12)1-2-13-9/h1-4,12H. The van der Waals surface area contributed by atoms with E-state index in [2.05, 4.69) is 0 Å². The molecule has 0 unspecified atom stereocenters. The van der Waals surface area contributed by atoms with Gasteiger partial charge in [-0.15, -0.1) is 11.3 Å². The second-order valence-electron chi connectivity index (χ2n) is 2.58. The fourth-order valence-electron chi connectivity index (χ4n) is 1.21. The number of fused-ring (bicyclic) bond motifs is 1. The van der Waals surface area contributed by atoms with E-state index < -0.39 is 0 Å². The molecular weight excluding hydrogens is 299 g/mol. The van der Waals surface area contributed by atoms with Crippen LogP contribution in [0, 0.1) is 3.57 Å². The minimum absolute atomic E-state index is 0.266. The Balaban J connectivity index is 2.95. The van der Waals surface area contributed by atoms with E-state index in [1.54, 1.807) is 6.07 Å². The number of carbonyl (C=O) groups is 1. The summed E-state index contributed by atoms with van der Waals surface area (Å²) in [4.78, 5) is 10.7. The minimum Gasteiger partial charge on any atom is -0.506 e. The van der Waals surface area contributed by atoms with Crippen LogP contribution in [0.5, 0.6) is 5.75 Å². The Morgan fingerprint density at radius 2 is 2.31 bits per heavy atom. The van der Waals surface area contributed by atoms with Crippen LogP contribution in [0.1, 0.15) is 10.4 Å². The van der Waals surface area contributed by atoms with Gasteiger partial charge in [-0.05, 0) is 40.1 Å². The fourth-order valence-corrected chi connectivity index (χ4v) is 2.71. The highest BCUT2D eigenvalue weighted by molar-refractivity contribution is 14.1. The molecule has 0 spiro atoms. The lowest BCUT2D eigenvalue weighted by atomic mass is 10.2. The van der Waals surface area contributed by atoms with Gasteiger partial charge >= 0.3 is 0 Å². The van der Waals surface area contributed by atoms with E-state index in [9.17, 15) is 9.90 Å². The number of carbonyl (C=O) groups excluding carboxylic acids is 1. The third-order valence-electron chi connectivity index (χ3n) is 1.82. The van der Waals surface area contributed by atoms with Gasteiger partial charge < -0.3 is 5.11 Å². The first-order chi connectivity index (χ1) is 6.24. The zero-order valence-electron chi connectivity index (χ0n) is 6.45. The molecule has 0 fully saturated rings. The summed E-state index contributed by atoms with van der Waals surface area (Å²) < 4.78 is 1.57. The average Bonchev–Trinajstić information content (AvgIpc) is 2.60. The Bertz CT molecular complexity index is 476. The molecule has 0 saturated heterocycles. The van der Waals surface area contributed by atoms with Crippen LogP contribution < -0.4 is 0 Å². The Kier molecular flexibility index (Phi) is 2.25. The van der Waals surface area contributed by atoms with Crippen LogP contribution in [0.3, 0.4) is 0 Å². The lowest BCUT2D eigenvalue weighted by Crippen LogP contribution is -1.83. The zero-order chi connectivity index (χ0) is 9.42. The summed E-state index contributed by atoms with van der Waals surface area (Å²) in [6.45, 7) is 0. The summed E-state index contributed by atoms with van der Waals surface area (Å²) in [6, 6.07) is 3.52. The van der Waals surface area contributed by atoms with Gasteiger partial charge in [0, 0.05) is 15.6 Å². The highest BCUT2D eigenvalue weighted by atomic mass is 127. The van der Waals surface area contributed by atoms with E-state index in [1.807, 2.05) is 34.0 Å². The molecule has 2 nitrogen and oxygen atoms in total. The van der Waals surface area contributed by atoms with Crippen LogP contribution in [0.4, 0.5) is 0 Å². The largest absolute Gasteiger partial charge is 0.506 e. The number of phenolic OH excluding ortho intramolecular Hbond substituents is 1. The van der Waals surface area contributed by atoms with Gasteiger partial charge in [0.25, 0.3) is 0 Å². The van der Waals surface area contributed by atoms with Crippen LogP contribution in [0.2, 0.25) is 0 Å². The number of phenols is 1. The molecule has 1 aromatic heterocycles. The van der Waals surface area contributed by atoms with E-state index in [-0.39, 0.29) is 5.75 Å². The van der Waals surface area contributed by atoms with Crippen molar-refractivity contribution in [1.82, 2.24) is 0 Å². The normalized spacial score (nSPS) is 10.5. The van der Waals surface area contributed by atoms with Crippen LogP contribution >= 0.6 is 33.9 Å². The Labute approximate surface area is 92.3 Å². The van der Waals surface area contributed by atoms with Crippen molar-refractivity contribution in [3.63, 3.8) is 0 Å². The second-order valence-corrected chi connectivity index (χ2v) is 4.66. The maximum atomic E-state index is 10.7. The SMILES string of the molecule is O=Cc1cc(I)c(O)c2ccsc12. The average molecular weight is 304 g/mol. The number of rotatable bonds is 1. The van der Waals surface area contributed by atoms with Crippen molar-refractivity contribution in [2.45, 2.75) is 0 Å². The maximum absolute atomic E-state index is 10.7. The van der Waals surface area contributed by atoms with Gasteiger partial charge in [-0.3, -0.25) is 4.79 Å². The Hall–Kier alpha value is -0.620. The van der Waals surface area contributed by atoms with Crippen molar-refractivity contribution in [2.24, 2.45) is 0 Å². The molecule has 1 aromatic carbocycles. The third kappa shape index (κ3) is 1.34. The molecule has 66 valence electrons. The van der Waals surface area contributed by atoms with E-state index >= 15 is 0 Å². The minimum atomic E-state index is 0.266. The van der Waals surface area contributed by atoms with Gasteiger partial charge in [-0.1, -0.05) is 0 Å². The first-order valence-electron chi connectivity index (χ1n) is 3.58. The summed E-state index contributed by atoms with van der Waals surface area (Å²) in [6.07, 6.45) is 0.820. The molecule has 4 heteroatoms. The lowest BCUT2D eigenvalue weighted by Gasteiger charge is -2.00. The second kappa shape index (κ2) is 3.26. The fraction of sp³-hybridized carbons (Fsp3) is 0. The molecule has 0 bridgehead atoms. The molecule has 2 aromatic rings. The van der Waals surface area contributed by atoms with Crippen molar-refractivity contribution >= 4 is 50.3 Å². The molecule has 0 aliphatic heterocycles. The molecule has 0 aliphatic carbocycles. The van der Waals surface area contributed by atoms with E-state index in [1.165, 1.54) is 11.3 Å². The topological polar surface area (TPSA) is 37.3 Å². The quantitative estimate of drug-likeness (QED) is 0.649. The number of aromatic hydroxyl groups is 1. The number of halogens is 1. The number of hydrogen-bond donors (Lipinski definition) is 1. The van der Waals surface area contributed by atoms with Crippen LogP contribution in [-0.2, 0) is 0 Å². The predicted octanol–water partition coefficient (Wildman–Crippen LogP) is 3.02. The van der Waals surface area contributed by atoms with Crippen LogP contribution in [-0.4, -0.2) is 11.4 Å². The molecule has 0 radical (unpaired) electrons. The van der Waals surface area contributed by atoms with Crippen molar-refractivity contribution in [1.29, 1.82) is 0 Å². The monoisotopic (exact) mass is 304 g/mol. The van der Waals surface area contributed by atoms with Crippen molar-refractivity contribution in [3.05, 3.63) is 26.6 Å². The summed E-state index contributed by atoms with van der Waals surface area (Å²) in [5.41, 5.74) is 0.646. The van der Waals surface area contributed by atoms with E-state index in [0.717, 1.165) is 16.4 Å². The van der Waals surface area contributed by atoms with Crippen molar-refractivity contribution < 1.29 is 9.90 Å². The van der Waals surface area contributed by atoms with Gasteiger partial charge in [0.15, 0.2) is 6.29 Å². The highest BCUT2D eigenvalue weighted by Crippen LogP contribution is 2.35. The summed E-state index contributed by atoms with van der Waals surface area (Å²) in [7, 11) is 0. The summed E-state index contributed by atoms with van der Waals surface area (Å²) in [5, 5.41) is 12.3. The van der Waals surface area contributed by atoms with Crippen molar-refractivity contribution in [3.8, 4) is 5.75 Å². The summed E-state index contributed by atoms with van der Waals surface area (Å²) >= 11 is 3.48. The molecule has 13 heavy (non-hydrogen) atoms. The smallest absolute Gasteiger partial charge is 0.151 e. The number of benzene rings is 1. The lowest BCUT2D eigenvalue weighted by molar-refractivity contribution is 0.112. The van der Waals surface area contributed by atoms with Gasteiger partial charge in [0.05, 0.1) is 3.57 Å². The molecule has 2 rings (SSSR count). The Morgan fingerprint density at radius 3 is 3.00 bits per heavy atom. The van der Waals surface area contributed by atoms with Crippen molar-refractivity contribution in [2.75, 3.05) is 0 Å². The van der Waals surface area contributed by atoms with E-state index in [0.29, 0.717) is 9.13 Å². The highest BCUT2D eigenvalue weighted by Gasteiger charge is 2.09. The van der Waals surface area contributed by atoms with Crippen LogP contribution in [0.15, 0.2) is 17.5 Å². The van der Waals surface area contributed by atoms with E-state index in [4.69, 9.17) is 0 Å². The molecule has 0 saturated carbocycles. The third-order valence-corrected chi connectivity index (χ3v) is 3.60. The molecule has 0 amide bonds. The number of aldehydes is 1. The van der Waals surface area contributed by atoms with Gasteiger partial charge in [-0.25, -0.2) is 0 Å². The molecule has 1 N–H and O–H groups in total. The van der Waals surface area contributed by atoms with Crippen LogP contribution in [0.25, 0.3) is 10.1 Å². The zero-order valence-corrected chi connectivity index (χ0v) is 9.43. The molecule has 0 atom stereocenters. The van der Waals surface area contributed by atoms with Gasteiger partial charge in [-0.2, -0.15) is 0 Å². The first-order valence-corrected chi connectivity index (χ1v) is 5.53. The van der Waals surface area contributed by atoms with Gasteiger partial charge in [0.1, 0.15) is 5.75 Å². The van der Waals surface area contributed by atoms with Gasteiger partial charge in [0.2, 0.25) is 0 Å². The maximum Gasteiger partial charge on any atom is 0.151 e. The molecule has 0 aliphatic rings. The Morgan fingerprint density at radius 1 is 1.54 bits per heavy atom. The first kappa shape index (κ1) is 8.96. The molecular formula is C9H5IO2S. The molecule has 1 heterocycles. The number of hydrogen-bond acceptors (Lipinski definition) is 3. The number of thiophene rings is 1. The predicted molar refractivity (Wildman–Crippen MR) is 61.6 cm³/mol. The summed E-state index contributed by atoms with van der Waals surface area (Å²) in [5.74, 6) is 0.266.